The Balaban J connectivity index is 1.87. The fourth-order valence-electron chi connectivity index (χ4n) is 2.80. The van der Waals surface area contributed by atoms with Crippen molar-refractivity contribution in [3.8, 4) is 0 Å². The molecule has 0 fully saturated rings. The van der Waals surface area contributed by atoms with E-state index >= 15 is 0 Å². The predicted molar refractivity (Wildman–Crippen MR) is 110 cm³/mol. The van der Waals surface area contributed by atoms with Gasteiger partial charge in [0.2, 0.25) is 0 Å². The van der Waals surface area contributed by atoms with Crippen LogP contribution < -0.4 is 5.32 Å². The summed E-state index contributed by atoms with van der Waals surface area (Å²) in [6.45, 7) is 0. The highest BCUT2D eigenvalue weighted by molar-refractivity contribution is 6.42. The number of aliphatic hydroxyl groups excluding tert-OH is 1. The quantitative estimate of drug-likeness (QED) is 0.444. The molecule has 0 spiro atoms. The second kappa shape index (κ2) is 8.94. The molecule has 27 heavy (non-hydrogen) atoms. The third-order valence-corrected chi connectivity index (χ3v) is 5.24. The summed E-state index contributed by atoms with van der Waals surface area (Å²) in [5.74, 6) is -0.341. The van der Waals surface area contributed by atoms with Crippen LogP contribution in [0.3, 0.4) is 0 Å². The number of nitrogens with one attached hydrogen (secondary N) is 1. The van der Waals surface area contributed by atoms with E-state index in [-0.39, 0.29) is 11.9 Å². The standard InChI is InChI=1S/C21H17Cl3FNO/c22-15-4-8-17(9-5-15)26-20(14-3-10-18(23)19(24)11-14)12-21(27)13-1-6-16(25)7-2-13/h1-11,20-21,26-27H,12H2. The second-order valence-corrected chi connectivity index (χ2v) is 7.43. The monoisotopic (exact) mass is 423 g/mol. The van der Waals surface area contributed by atoms with Crippen LogP contribution in [0.5, 0.6) is 0 Å². The third kappa shape index (κ3) is 5.36. The summed E-state index contributed by atoms with van der Waals surface area (Å²) < 4.78 is 13.1. The minimum absolute atomic E-state index is 0.249. The van der Waals surface area contributed by atoms with Crippen LogP contribution in [0.1, 0.15) is 29.7 Å². The highest BCUT2D eigenvalue weighted by atomic mass is 35.5. The first-order valence-corrected chi connectivity index (χ1v) is 9.46. The number of benzene rings is 3. The molecule has 0 aliphatic heterocycles. The minimum Gasteiger partial charge on any atom is -0.388 e. The van der Waals surface area contributed by atoms with E-state index in [4.69, 9.17) is 34.8 Å². The zero-order valence-corrected chi connectivity index (χ0v) is 16.4. The molecule has 2 atom stereocenters. The van der Waals surface area contributed by atoms with E-state index in [2.05, 4.69) is 5.32 Å². The molecule has 0 saturated heterocycles. The van der Waals surface area contributed by atoms with Gasteiger partial charge in [0.05, 0.1) is 22.2 Å². The molecule has 3 aromatic carbocycles. The molecule has 0 aliphatic carbocycles. The summed E-state index contributed by atoms with van der Waals surface area (Å²) in [6.07, 6.45) is -0.434. The Kier molecular flexibility index (Phi) is 6.61. The maximum Gasteiger partial charge on any atom is 0.123 e. The lowest BCUT2D eigenvalue weighted by Gasteiger charge is -2.24. The Morgan fingerprint density at radius 1 is 0.815 bits per heavy atom. The first kappa shape index (κ1) is 20.0. The van der Waals surface area contributed by atoms with Gasteiger partial charge in [-0.1, -0.05) is 53.0 Å². The Morgan fingerprint density at radius 3 is 2.07 bits per heavy atom. The molecule has 0 radical (unpaired) electrons. The van der Waals surface area contributed by atoms with Crippen LogP contribution in [-0.2, 0) is 0 Å². The molecule has 0 amide bonds. The van der Waals surface area contributed by atoms with Gasteiger partial charge in [0.1, 0.15) is 5.82 Å². The summed E-state index contributed by atoms with van der Waals surface area (Å²) in [7, 11) is 0. The smallest absolute Gasteiger partial charge is 0.123 e. The van der Waals surface area contributed by atoms with Crippen molar-refractivity contribution in [1.82, 2.24) is 0 Å². The lowest BCUT2D eigenvalue weighted by atomic mass is 9.96. The number of hydrogen-bond acceptors (Lipinski definition) is 2. The van der Waals surface area contributed by atoms with Crippen LogP contribution in [-0.4, -0.2) is 5.11 Å². The van der Waals surface area contributed by atoms with E-state index in [1.165, 1.54) is 12.1 Å². The number of hydrogen-bond donors (Lipinski definition) is 2. The fourth-order valence-corrected chi connectivity index (χ4v) is 3.23. The SMILES string of the molecule is OC(CC(Nc1ccc(Cl)cc1)c1ccc(Cl)c(Cl)c1)c1ccc(F)cc1. The molecule has 6 heteroatoms. The van der Waals surface area contributed by atoms with Crippen LogP contribution in [0.15, 0.2) is 66.7 Å². The van der Waals surface area contributed by atoms with Crippen LogP contribution in [0.4, 0.5) is 10.1 Å². The van der Waals surface area contributed by atoms with E-state index < -0.39 is 6.10 Å². The Labute approximate surface area is 172 Å². The Bertz CT molecular complexity index is 900. The zero-order chi connectivity index (χ0) is 19.4. The minimum atomic E-state index is -0.787. The first-order valence-electron chi connectivity index (χ1n) is 8.33. The van der Waals surface area contributed by atoms with Gasteiger partial charge in [0.15, 0.2) is 0 Å². The number of aliphatic hydroxyl groups is 1. The van der Waals surface area contributed by atoms with Gasteiger partial charge in [-0.15, -0.1) is 0 Å². The zero-order valence-electron chi connectivity index (χ0n) is 14.2. The van der Waals surface area contributed by atoms with Gasteiger partial charge < -0.3 is 10.4 Å². The highest BCUT2D eigenvalue weighted by Crippen LogP contribution is 2.33. The molecule has 0 aliphatic rings. The molecular formula is C21H17Cl3FNO. The van der Waals surface area contributed by atoms with E-state index in [1.54, 1.807) is 36.4 Å². The summed E-state index contributed by atoms with van der Waals surface area (Å²) in [5, 5.41) is 15.6. The van der Waals surface area contributed by atoms with Crippen molar-refractivity contribution >= 4 is 40.5 Å². The Hall–Kier alpha value is -1.78. The van der Waals surface area contributed by atoms with Crippen molar-refractivity contribution in [3.05, 3.63) is 98.7 Å². The summed E-state index contributed by atoms with van der Waals surface area (Å²) in [4.78, 5) is 0. The van der Waals surface area contributed by atoms with Crippen molar-refractivity contribution in [3.63, 3.8) is 0 Å². The van der Waals surface area contributed by atoms with Gasteiger partial charge in [-0.05, 0) is 59.7 Å². The van der Waals surface area contributed by atoms with E-state index in [1.807, 2.05) is 18.2 Å². The van der Waals surface area contributed by atoms with Gasteiger partial charge in [0, 0.05) is 17.1 Å². The lowest BCUT2D eigenvalue weighted by Crippen LogP contribution is -2.15. The van der Waals surface area contributed by atoms with Gasteiger partial charge >= 0.3 is 0 Å². The molecule has 2 N–H and O–H groups in total. The first-order chi connectivity index (χ1) is 12.9. The van der Waals surface area contributed by atoms with Gasteiger partial charge in [-0.2, -0.15) is 0 Å². The summed E-state index contributed by atoms with van der Waals surface area (Å²) >= 11 is 18.1. The lowest BCUT2D eigenvalue weighted by molar-refractivity contribution is 0.160. The summed E-state index contributed by atoms with van der Waals surface area (Å²) in [6, 6.07) is 18.2. The average molecular weight is 425 g/mol. The maximum atomic E-state index is 13.1. The van der Waals surface area contributed by atoms with Crippen molar-refractivity contribution < 1.29 is 9.50 Å². The normalized spacial score (nSPS) is 13.2. The van der Waals surface area contributed by atoms with Gasteiger partial charge in [-0.25, -0.2) is 4.39 Å². The number of halogens is 4. The molecule has 0 aromatic heterocycles. The fraction of sp³-hybridized carbons (Fsp3) is 0.143. The number of rotatable bonds is 6. The number of anilines is 1. The topological polar surface area (TPSA) is 32.3 Å². The molecule has 140 valence electrons. The van der Waals surface area contributed by atoms with Crippen LogP contribution in [0.2, 0.25) is 15.1 Å². The van der Waals surface area contributed by atoms with E-state index in [0.717, 1.165) is 11.3 Å². The van der Waals surface area contributed by atoms with Crippen molar-refractivity contribution in [1.29, 1.82) is 0 Å². The predicted octanol–water partition coefficient (Wildman–Crippen LogP) is 7.06. The van der Waals surface area contributed by atoms with Gasteiger partial charge in [0.25, 0.3) is 0 Å². The van der Waals surface area contributed by atoms with E-state index in [0.29, 0.717) is 27.1 Å². The molecule has 2 nitrogen and oxygen atoms in total. The van der Waals surface area contributed by atoms with Crippen LogP contribution >= 0.6 is 34.8 Å². The molecule has 3 aromatic rings. The average Bonchev–Trinajstić information content (AvgIpc) is 2.65. The van der Waals surface area contributed by atoms with Crippen molar-refractivity contribution in [2.75, 3.05) is 5.32 Å². The molecule has 3 rings (SSSR count). The molecule has 0 saturated carbocycles. The van der Waals surface area contributed by atoms with Crippen LogP contribution in [0, 0.1) is 5.82 Å². The molecule has 0 bridgehead atoms. The molecule has 0 heterocycles. The highest BCUT2D eigenvalue weighted by Gasteiger charge is 2.19. The Morgan fingerprint density at radius 2 is 1.44 bits per heavy atom. The van der Waals surface area contributed by atoms with Crippen LogP contribution in [0.25, 0.3) is 0 Å². The van der Waals surface area contributed by atoms with Crippen molar-refractivity contribution in [2.45, 2.75) is 18.6 Å². The molecular weight excluding hydrogens is 408 g/mol. The maximum absolute atomic E-state index is 13.1. The summed E-state index contributed by atoms with van der Waals surface area (Å²) in [5.41, 5.74) is 2.36. The van der Waals surface area contributed by atoms with Gasteiger partial charge in [-0.3, -0.25) is 0 Å². The third-order valence-electron chi connectivity index (χ3n) is 4.24. The van der Waals surface area contributed by atoms with E-state index in [9.17, 15) is 9.50 Å². The largest absolute Gasteiger partial charge is 0.388 e. The molecule has 2 unspecified atom stereocenters. The second-order valence-electron chi connectivity index (χ2n) is 6.18. The van der Waals surface area contributed by atoms with Crippen molar-refractivity contribution in [2.24, 2.45) is 0 Å².